The number of carbonyl (C=O) groups is 1. The molecule has 0 saturated heterocycles. The highest BCUT2D eigenvalue weighted by Crippen LogP contribution is 2.02. The lowest BCUT2D eigenvalue weighted by molar-refractivity contribution is -0.138. The van der Waals surface area contributed by atoms with Crippen LogP contribution in [0.25, 0.3) is 0 Å². The van der Waals surface area contributed by atoms with Gasteiger partial charge in [0.05, 0.1) is 6.10 Å². The number of hydrogen-bond donors (Lipinski definition) is 3. The summed E-state index contributed by atoms with van der Waals surface area (Å²) in [6.07, 6.45) is 1.03. The number of carboxylic acids is 1. The van der Waals surface area contributed by atoms with Crippen molar-refractivity contribution in [3.8, 4) is 0 Å². The predicted octanol–water partition coefficient (Wildman–Crippen LogP) is 0.371. The number of carboxylic acid groups (broad SMARTS) is 1. The maximum absolute atomic E-state index is 10.2. The third-order valence-electron chi connectivity index (χ3n) is 1.60. The van der Waals surface area contributed by atoms with Crippen LogP contribution in [0.2, 0.25) is 0 Å². The molecule has 0 radical (unpaired) electrons. The molecule has 0 rings (SSSR count). The van der Waals surface area contributed by atoms with Gasteiger partial charge in [-0.2, -0.15) is 0 Å². The van der Waals surface area contributed by atoms with Gasteiger partial charge in [-0.15, -0.1) is 12.4 Å². The molecule has 5 heteroatoms. The van der Waals surface area contributed by atoms with Crippen LogP contribution in [0.15, 0.2) is 0 Å². The second-order valence-electron chi connectivity index (χ2n) is 2.58. The Bertz CT molecular complexity index is 132. The standard InChI is InChI=1S/C7H15NO3.ClH/c1-2-5(9)3-4-6(8)7(10)11;/h5-6,9H,2-4,8H2,1H3,(H,10,11);1H. The van der Waals surface area contributed by atoms with Crippen molar-refractivity contribution in [2.24, 2.45) is 5.73 Å². The average molecular weight is 198 g/mol. The number of aliphatic hydroxyl groups excluding tert-OH is 1. The van der Waals surface area contributed by atoms with Gasteiger partial charge in [0.15, 0.2) is 0 Å². The number of aliphatic hydroxyl groups is 1. The summed E-state index contributed by atoms with van der Waals surface area (Å²) in [5.74, 6) is -1.01. The molecule has 0 saturated carbocycles. The molecule has 0 aliphatic carbocycles. The predicted molar refractivity (Wildman–Crippen MR) is 48.4 cm³/mol. The van der Waals surface area contributed by atoms with Crippen LogP contribution < -0.4 is 5.73 Å². The molecule has 2 unspecified atom stereocenters. The van der Waals surface area contributed by atoms with Crippen molar-refractivity contribution in [3.63, 3.8) is 0 Å². The molecule has 0 heterocycles. The Morgan fingerprint density at radius 1 is 1.50 bits per heavy atom. The first-order valence-electron chi connectivity index (χ1n) is 3.74. The minimum atomic E-state index is -1.01. The fourth-order valence-corrected chi connectivity index (χ4v) is 0.700. The van der Waals surface area contributed by atoms with Gasteiger partial charge in [-0.25, -0.2) is 0 Å². The fourth-order valence-electron chi connectivity index (χ4n) is 0.700. The van der Waals surface area contributed by atoms with Gasteiger partial charge in [0.25, 0.3) is 0 Å². The van der Waals surface area contributed by atoms with Crippen molar-refractivity contribution in [2.45, 2.75) is 38.3 Å². The van der Waals surface area contributed by atoms with Crippen LogP contribution in [0.1, 0.15) is 26.2 Å². The number of aliphatic carboxylic acids is 1. The molecular formula is C7H16ClNO3. The molecule has 0 spiro atoms. The van der Waals surface area contributed by atoms with Gasteiger partial charge in [-0.1, -0.05) is 6.92 Å². The Balaban J connectivity index is 0. The van der Waals surface area contributed by atoms with Crippen LogP contribution in [0.4, 0.5) is 0 Å². The first-order chi connectivity index (χ1) is 5.07. The Morgan fingerprint density at radius 3 is 2.33 bits per heavy atom. The zero-order valence-corrected chi connectivity index (χ0v) is 7.88. The fraction of sp³-hybridized carbons (Fsp3) is 0.857. The van der Waals surface area contributed by atoms with E-state index in [4.69, 9.17) is 15.9 Å². The number of rotatable bonds is 5. The van der Waals surface area contributed by atoms with Gasteiger partial charge in [0, 0.05) is 0 Å². The normalized spacial score (nSPS) is 14.6. The summed E-state index contributed by atoms with van der Waals surface area (Å²) >= 11 is 0. The third kappa shape index (κ3) is 6.39. The number of hydrogen-bond acceptors (Lipinski definition) is 3. The second kappa shape index (κ2) is 7.34. The topological polar surface area (TPSA) is 83.5 Å². The number of nitrogens with two attached hydrogens (primary N) is 1. The lowest BCUT2D eigenvalue weighted by atomic mass is 10.1. The molecule has 0 aromatic rings. The van der Waals surface area contributed by atoms with E-state index in [9.17, 15) is 4.79 Å². The van der Waals surface area contributed by atoms with Crippen LogP contribution in [0.5, 0.6) is 0 Å². The lowest BCUT2D eigenvalue weighted by Crippen LogP contribution is -2.30. The summed E-state index contributed by atoms with van der Waals surface area (Å²) in [5, 5.41) is 17.4. The molecule has 0 amide bonds. The molecule has 0 aromatic heterocycles. The van der Waals surface area contributed by atoms with Crippen LogP contribution in [0.3, 0.4) is 0 Å². The zero-order valence-electron chi connectivity index (χ0n) is 7.06. The molecule has 0 fully saturated rings. The van der Waals surface area contributed by atoms with Crippen LogP contribution >= 0.6 is 12.4 Å². The summed E-state index contributed by atoms with van der Waals surface area (Å²) in [6, 6.07) is -0.837. The van der Waals surface area contributed by atoms with Gasteiger partial charge in [-0.05, 0) is 19.3 Å². The van der Waals surface area contributed by atoms with Crippen molar-refractivity contribution < 1.29 is 15.0 Å². The summed E-state index contributed by atoms with van der Waals surface area (Å²) in [5.41, 5.74) is 5.21. The highest BCUT2D eigenvalue weighted by Gasteiger charge is 2.12. The Kier molecular flexibility index (Phi) is 8.69. The summed E-state index contributed by atoms with van der Waals surface area (Å²) in [4.78, 5) is 10.2. The van der Waals surface area contributed by atoms with E-state index >= 15 is 0 Å². The summed E-state index contributed by atoms with van der Waals surface area (Å²) < 4.78 is 0. The van der Waals surface area contributed by atoms with Gasteiger partial charge in [0.1, 0.15) is 6.04 Å². The molecule has 0 aromatic carbocycles. The van der Waals surface area contributed by atoms with E-state index in [-0.39, 0.29) is 12.4 Å². The second-order valence-corrected chi connectivity index (χ2v) is 2.58. The van der Waals surface area contributed by atoms with E-state index in [0.717, 1.165) is 0 Å². The van der Waals surface area contributed by atoms with Gasteiger partial charge in [-0.3, -0.25) is 4.79 Å². The zero-order chi connectivity index (χ0) is 8.85. The largest absolute Gasteiger partial charge is 0.480 e. The molecule has 0 aliphatic heterocycles. The van der Waals surface area contributed by atoms with Gasteiger partial charge >= 0.3 is 5.97 Å². The van der Waals surface area contributed by atoms with Gasteiger partial charge in [0.2, 0.25) is 0 Å². The minimum Gasteiger partial charge on any atom is -0.480 e. The van der Waals surface area contributed by atoms with Crippen LogP contribution in [-0.4, -0.2) is 28.3 Å². The van der Waals surface area contributed by atoms with E-state index in [1.165, 1.54) is 0 Å². The molecule has 4 nitrogen and oxygen atoms in total. The summed E-state index contributed by atoms with van der Waals surface area (Å²) in [7, 11) is 0. The van der Waals surface area contributed by atoms with Crippen LogP contribution in [-0.2, 0) is 4.79 Å². The van der Waals surface area contributed by atoms with E-state index in [2.05, 4.69) is 0 Å². The molecular weight excluding hydrogens is 182 g/mol. The van der Waals surface area contributed by atoms with Crippen molar-refractivity contribution in [2.75, 3.05) is 0 Å². The van der Waals surface area contributed by atoms with Crippen molar-refractivity contribution in [1.29, 1.82) is 0 Å². The van der Waals surface area contributed by atoms with Crippen molar-refractivity contribution in [3.05, 3.63) is 0 Å². The summed E-state index contributed by atoms with van der Waals surface area (Å²) in [6.45, 7) is 1.84. The van der Waals surface area contributed by atoms with Crippen molar-refractivity contribution in [1.82, 2.24) is 0 Å². The Morgan fingerprint density at radius 2 is 2.00 bits per heavy atom. The molecule has 4 N–H and O–H groups in total. The number of halogens is 1. The average Bonchev–Trinajstić information content (AvgIpc) is 1.99. The smallest absolute Gasteiger partial charge is 0.320 e. The Labute approximate surface area is 78.2 Å². The molecule has 0 aliphatic rings. The maximum Gasteiger partial charge on any atom is 0.320 e. The SMILES string of the molecule is CCC(O)CCC(N)C(=O)O.Cl. The third-order valence-corrected chi connectivity index (χ3v) is 1.60. The van der Waals surface area contributed by atoms with E-state index in [0.29, 0.717) is 19.3 Å². The van der Waals surface area contributed by atoms with Crippen molar-refractivity contribution >= 4 is 18.4 Å². The van der Waals surface area contributed by atoms with E-state index in [1.807, 2.05) is 6.92 Å². The van der Waals surface area contributed by atoms with Gasteiger partial charge < -0.3 is 15.9 Å². The van der Waals surface area contributed by atoms with E-state index < -0.39 is 18.1 Å². The van der Waals surface area contributed by atoms with E-state index in [1.54, 1.807) is 0 Å². The molecule has 0 bridgehead atoms. The first-order valence-corrected chi connectivity index (χ1v) is 3.74. The molecule has 12 heavy (non-hydrogen) atoms. The quantitative estimate of drug-likeness (QED) is 0.595. The highest BCUT2D eigenvalue weighted by atomic mass is 35.5. The molecule has 74 valence electrons. The maximum atomic E-state index is 10.2. The monoisotopic (exact) mass is 197 g/mol. The highest BCUT2D eigenvalue weighted by molar-refractivity contribution is 5.85. The first kappa shape index (κ1) is 14.2. The Hall–Kier alpha value is -0.320. The lowest BCUT2D eigenvalue weighted by Gasteiger charge is -2.09. The van der Waals surface area contributed by atoms with Crippen LogP contribution in [0, 0.1) is 0 Å². The minimum absolute atomic E-state index is 0. The molecule has 2 atom stereocenters.